The van der Waals surface area contributed by atoms with Crippen molar-refractivity contribution in [3.05, 3.63) is 0 Å². The number of hydrogen-bond acceptors (Lipinski definition) is 5. The molecule has 1 aliphatic rings. The molecule has 1 saturated heterocycles. The Morgan fingerprint density at radius 1 is 1.67 bits per heavy atom. The summed E-state index contributed by atoms with van der Waals surface area (Å²) in [6, 6.07) is 0.356. The summed E-state index contributed by atoms with van der Waals surface area (Å²) in [7, 11) is 1.80. The zero-order chi connectivity index (χ0) is 8.39. The molecule has 0 aromatic carbocycles. The lowest BCUT2D eigenvalue weighted by atomic mass is 10.3. The number of hydrogen-bond donors (Lipinski definition) is 1. The second kappa shape index (κ2) is 3.06. The van der Waals surface area contributed by atoms with E-state index in [1.165, 1.54) is 0 Å². The van der Waals surface area contributed by atoms with Crippen molar-refractivity contribution < 1.29 is 4.74 Å². The van der Waals surface area contributed by atoms with E-state index in [1.807, 2.05) is 0 Å². The maximum Gasteiger partial charge on any atom is 0.242 e. The molecule has 1 aromatic heterocycles. The summed E-state index contributed by atoms with van der Waals surface area (Å²) < 4.78 is 6.81. The Labute approximate surface area is 69.9 Å². The molecular formula is C6H11N5O. The van der Waals surface area contributed by atoms with Gasteiger partial charge in [-0.25, -0.2) is 4.68 Å². The third kappa shape index (κ3) is 1.38. The second-order valence-corrected chi connectivity index (χ2v) is 2.83. The van der Waals surface area contributed by atoms with Gasteiger partial charge in [0.25, 0.3) is 0 Å². The fraction of sp³-hybridized carbons (Fsp3) is 0.833. The SMILES string of the molecule is Cn1nnnc1NC1CCOC1. The van der Waals surface area contributed by atoms with Crippen LogP contribution in [0.2, 0.25) is 0 Å². The van der Waals surface area contributed by atoms with Crippen molar-refractivity contribution in [3.8, 4) is 0 Å². The number of rotatable bonds is 2. The first kappa shape index (κ1) is 7.48. The van der Waals surface area contributed by atoms with Crippen LogP contribution in [-0.4, -0.2) is 39.5 Å². The van der Waals surface area contributed by atoms with Crippen LogP contribution in [0.4, 0.5) is 5.95 Å². The van der Waals surface area contributed by atoms with Gasteiger partial charge in [-0.2, -0.15) is 0 Å². The zero-order valence-electron chi connectivity index (χ0n) is 6.90. The van der Waals surface area contributed by atoms with Gasteiger partial charge in [0.05, 0.1) is 12.6 Å². The smallest absolute Gasteiger partial charge is 0.242 e. The number of aromatic nitrogens is 4. The molecule has 1 unspecified atom stereocenters. The number of nitrogens with zero attached hydrogens (tertiary/aromatic N) is 4. The average molecular weight is 169 g/mol. The van der Waals surface area contributed by atoms with Crippen LogP contribution >= 0.6 is 0 Å². The minimum Gasteiger partial charge on any atom is -0.379 e. The molecule has 0 saturated carbocycles. The largest absolute Gasteiger partial charge is 0.379 e. The van der Waals surface area contributed by atoms with E-state index < -0.39 is 0 Å². The van der Waals surface area contributed by atoms with E-state index in [9.17, 15) is 0 Å². The molecule has 2 rings (SSSR count). The second-order valence-electron chi connectivity index (χ2n) is 2.83. The van der Waals surface area contributed by atoms with Crippen LogP contribution in [0.5, 0.6) is 0 Å². The Balaban J connectivity index is 1.98. The molecule has 0 radical (unpaired) electrons. The van der Waals surface area contributed by atoms with Gasteiger partial charge < -0.3 is 10.1 Å². The minimum absolute atomic E-state index is 0.356. The molecule has 6 heteroatoms. The fourth-order valence-electron chi connectivity index (χ4n) is 1.18. The quantitative estimate of drug-likeness (QED) is 0.641. The molecule has 2 heterocycles. The number of aryl methyl sites for hydroxylation is 1. The van der Waals surface area contributed by atoms with Crippen LogP contribution in [0, 0.1) is 0 Å². The highest BCUT2D eigenvalue weighted by molar-refractivity contribution is 5.23. The average Bonchev–Trinajstić information content (AvgIpc) is 2.65. The molecule has 0 bridgehead atoms. The Kier molecular flexibility index (Phi) is 1.91. The van der Waals surface area contributed by atoms with Gasteiger partial charge in [-0.15, -0.1) is 0 Å². The van der Waals surface area contributed by atoms with Crippen LogP contribution < -0.4 is 5.32 Å². The molecule has 0 spiro atoms. The standard InChI is InChI=1S/C6H11N5O/c1-11-6(8-9-10-11)7-5-2-3-12-4-5/h5H,2-4H2,1H3,(H,7,8,10). The van der Waals surface area contributed by atoms with E-state index >= 15 is 0 Å². The highest BCUT2D eigenvalue weighted by Crippen LogP contribution is 2.08. The lowest BCUT2D eigenvalue weighted by Crippen LogP contribution is -2.21. The topological polar surface area (TPSA) is 64.9 Å². The van der Waals surface area contributed by atoms with Gasteiger partial charge in [0, 0.05) is 13.7 Å². The van der Waals surface area contributed by atoms with E-state index in [1.54, 1.807) is 11.7 Å². The summed E-state index contributed by atoms with van der Waals surface area (Å²) in [4.78, 5) is 0. The van der Waals surface area contributed by atoms with E-state index in [-0.39, 0.29) is 0 Å². The lowest BCUT2D eigenvalue weighted by molar-refractivity contribution is 0.195. The summed E-state index contributed by atoms with van der Waals surface area (Å²) >= 11 is 0. The number of nitrogens with one attached hydrogen (secondary N) is 1. The molecule has 66 valence electrons. The van der Waals surface area contributed by atoms with Crippen molar-refractivity contribution in [1.82, 2.24) is 20.2 Å². The molecule has 1 aliphatic heterocycles. The van der Waals surface area contributed by atoms with Crippen molar-refractivity contribution in [2.75, 3.05) is 18.5 Å². The van der Waals surface area contributed by atoms with Crippen molar-refractivity contribution in [2.45, 2.75) is 12.5 Å². The predicted octanol–water partition coefficient (Wildman–Crippen LogP) is -0.589. The van der Waals surface area contributed by atoms with Gasteiger partial charge in [0.2, 0.25) is 5.95 Å². The summed E-state index contributed by atoms with van der Waals surface area (Å²) in [5.41, 5.74) is 0. The number of anilines is 1. The monoisotopic (exact) mass is 169 g/mol. The van der Waals surface area contributed by atoms with E-state index in [0.29, 0.717) is 12.0 Å². The molecule has 0 aliphatic carbocycles. The van der Waals surface area contributed by atoms with Crippen LogP contribution in [0.1, 0.15) is 6.42 Å². The summed E-state index contributed by atoms with van der Waals surface area (Å²) in [5.74, 6) is 0.700. The first-order valence-electron chi connectivity index (χ1n) is 3.93. The van der Waals surface area contributed by atoms with Gasteiger partial charge in [0.15, 0.2) is 0 Å². The molecule has 1 fully saturated rings. The summed E-state index contributed by atoms with van der Waals surface area (Å²) in [5, 5.41) is 14.2. The summed E-state index contributed by atoms with van der Waals surface area (Å²) in [6.07, 6.45) is 1.02. The van der Waals surface area contributed by atoms with Crippen LogP contribution in [0.3, 0.4) is 0 Å². The maximum atomic E-state index is 5.21. The number of tetrazole rings is 1. The normalized spacial score (nSPS) is 22.9. The van der Waals surface area contributed by atoms with Crippen LogP contribution in [0.25, 0.3) is 0 Å². The highest BCUT2D eigenvalue weighted by atomic mass is 16.5. The molecule has 1 aromatic rings. The van der Waals surface area contributed by atoms with Crippen molar-refractivity contribution in [1.29, 1.82) is 0 Å². The maximum absolute atomic E-state index is 5.21. The minimum atomic E-state index is 0.356. The van der Waals surface area contributed by atoms with E-state index in [0.717, 1.165) is 19.6 Å². The third-order valence-electron chi connectivity index (χ3n) is 1.88. The highest BCUT2D eigenvalue weighted by Gasteiger charge is 2.16. The number of ether oxygens (including phenoxy) is 1. The molecule has 6 nitrogen and oxygen atoms in total. The molecular weight excluding hydrogens is 158 g/mol. The predicted molar refractivity (Wildman–Crippen MR) is 41.6 cm³/mol. The molecule has 1 atom stereocenters. The van der Waals surface area contributed by atoms with Crippen LogP contribution in [-0.2, 0) is 11.8 Å². The Morgan fingerprint density at radius 2 is 2.58 bits per heavy atom. The van der Waals surface area contributed by atoms with Crippen LogP contribution in [0.15, 0.2) is 0 Å². The Morgan fingerprint density at radius 3 is 3.17 bits per heavy atom. The first-order chi connectivity index (χ1) is 5.86. The van der Waals surface area contributed by atoms with E-state index in [2.05, 4.69) is 20.8 Å². The Hall–Kier alpha value is -1.17. The molecule has 12 heavy (non-hydrogen) atoms. The van der Waals surface area contributed by atoms with E-state index in [4.69, 9.17) is 4.74 Å². The van der Waals surface area contributed by atoms with Gasteiger partial charge in [-0.05, 0) is 16.8 Å². The van der Waals surface area contributed by atoms with Gasteiger partial charge in [-0.3, -0.25) is 0 Å². The fourth-order valence-corrected chi connectivity index (χ4v) is 1.18. The van der Waals surface area contributed by atoms with Gasteiger partial charge >= 0.3 is 0 Å². The molecule has 1 N–H and O–H groups in total. The zero-order valence-corrected chi connectivity index (χ0v) is 6.90. The summed E-state index contributed by atoms with van der Waals surface area (Å²) in [6.45, 7) is 1.57. The lowest BCUT2D eigenvalue weighted by Gasteiger charge is -2.08. The Bertz CT molecular complexity index is 254. The van der Waals surface area contributed by atoms with Gasteiger partial charge in [-0.1, -0.05) is 5.10 Å². The first-order valence-corrected chi connectivity index (χ1v) is 3.93. The molecule has 0 amide bonds. The third-order valence-corrected chi connectivity index (χ3v) is 1.88. The van der Waals surface area contributed by atoms with Gasteiger partial charge in [0.1, 0.15) is 0 Å². The van der Waals surface area contributed by atoms with Crippen molar-refractivity contribution >= 4 is 5.95 Å². The van der Waals surface area contributed by atoms with Crippen molar-refractivity contribution in [2.24, 2.45) is 7.05 Å². The van der Waals surface area contributed by atoms with Crippen molar-refractivity contribution in [3.63, 3.8) is 0 Å².